The van der Waals surface area contributed by atoms with E-state index in [0.717, 1.165) is 37.1 Å². The summed E-state index contributed by atoms with van der Waals surface area (Å²) in [5.74, 6) is -0.499. The molecule has 0 aromatic heterocycles. The Balaban J connectivity index is 1.72. The third-order valence-electron chi connectivity index (χ3n) is 4.95. The molecule has 0 bridgehead atoms. The van der Waals surface area contributed by atoms with Crippen molar-refractivity contribution < 1.29 is 9.59 Å². The number of likely N-dealkylation sites (tertiary alicyclic amines) is 1. The fourth-order valence-electron chi connectivity index (χ4n) is 3.59. The summed E-state index contributed by atoms with van der Waals surface area (Å²) in [5, 5.41) is 1.22. The van der Waals surface area contributed by atoms with Crippen LogP contribution in [0, 0.1) is 0 Å². The van der Waals surface area contributed by atoms with E-state index < -0.39 is 0 Å². The highest BCUT2D eigenvalue weighted by Crippen LogP contribution is 2.34. The maximum Gasteiger partial charge on any atom is 0.278 e. The number of halogens is 2. The predicted octanol–water partition coefficient (Wildman–Crippen LogP) is 4.37. The van der Waals surface area contributed by atoms with E-state index in [1.165, 1.54) is 4.90 Å². The van der Waals surface area contributed by atoms with Crippen molar-refractivity contribution in [3.05, 3.63) is 75.4 Å². The number of hydrogen-bond acceptors (Lipinski definition) is 3. The third kappa shape index (κ3) is 3.47. The van der Waals surface area contributed by atoms with Crippen LogP contribution in [0.4, 0.5) is 0 Å². The Morgan fingerprint density at radius 3 is 1.93 bits per heavy atom. The first-order valence-electron chi connectivity index (χ1n) is 8.90. The zero-order chi connectivity index (χ0) is 19.0. The van der Waals surface area contributed by atoms with Crippen LogP contribution in [0.5, 0.6) is 0 Å². The molecule has 0 atom stereocenters. The smallest absolute Gasteiger partial charge is 0.278 e. The molecule has 0 spiro atoms. The van der Waals surface area contributed by atoms with Gasteiger partial charge in [-0.05, 0) is 48.2 Å². The van der Waals surface area contributed by atoms with Crippen LogP contribution in [0.2, 0.25) is 10.0 Å². The molecule has 2 heterocycles. The Labute approximate surface area is 168 Å². The Bertz CT molecular complexity index is 914. The van der Waals surface area contributed by atoms with Gasteiger partial charge in [0.05, 0.1) is 12.1 Å². The van der Waals surface area contributed by atoms with Gasteiger partial charge >= 0.3 is 0 Å². The largest absolute Gasteiger partial charge is 0.366 e. The van der Waals surface area contributed by atoms with Crippen molar-refractivity contribution in [1.29, 1.82) is 0 Å². The Kier molecular flexibility index (Phi) is 4.94. The van der Waals surface area contributed by atoms with Crippen LogP contribution in [0.3, 0.4) is 0 Å². The van der Waals surface area contributed by atoms with Crippen LogP contribution in [-0.4, -0.2) is 34.7 Å². The first-order valence-corrected chi connectivity index (χ1v) is 9.66. The maximum atomic E-state index is 13.2. The molecule has 1 fully saturated rings. The third-order valence-corrected chi connectivity index (χ3v) is 5.46. The molecule has 2 aromatic carbocycles. The van der Waals surface area contributed by atoms with Gasteiger partial charge in [0.25, 0.3) is 11.8 Å². The number of carbonyl (C=O) groups is 2. The Hall–Kier alpha value is -2.30. The molecule has 138 valence electrons. The first kappa shape index (κ1) is 18.1. The minimum absolute atomic E-state index is 0.225. The molecule has 4 nitrogen and oxygen atoms in total. The minimum atomic E-state index is -0.265. The molecular weight excluding hydrogens is 383 g/mol. The number of amides is 2. The summed E-state index contributed by atoms with van der Waals surface area (Å²) >= 11 is 11.9. The summed E-state index contributed by atoms with van der Waals surface area (Å²) in [4.78, 5) is 29.7. The highest BCUT2D eigenvalue weighted by molar-refractivity contribution is 6.36. The van der Waals surface area contributed by atoms with E-state index in [4.69, 9.17) is 23.2 Å². The van der Waals surface area contributed by atoms with Gasteiger partial charge in [-0.1, -0.05) is 47.5 Å². The topological polar surface area (TPSA) is 40.6 Å². The van der Waals surface area contributed by atoms with Crippen molar-refractivity contribution in [2.24, 2.45) is 0 Å². The maximum absolute atomic E-state index is 13.2. The van der Waals surface area contributed by atoms with Gasteiger partial charge in [0.1, 0.15) is 5.70 Å². The first-order chi connectivity index (χ1) is 13.0. The van der Waals surface area contributed by atoms with Gasteiger partial charge in [-0.3, -0.25) is 14.5 Å². The van der Waals surface area contributed by atoms with E-state index >= 15 is 0 Å². The van der Waals surface area contributed by atoms with Crippen molar-refractivity contribution in [3.8, 4) is 0 Å². The van der Waals surface area contributed by atoms with Crippen LogP contribution >= 0.6 is 23.2 Å². The highest BCUT2D eigenvalue weighted by atomic mass is 35.5. The molecular formula is C21H18Cl2N2O2. The second-order valence-electron chi connectivity index (χ2n) is 6.75. The van der Waals surface area contributed by atoms with Gasteiger partial charge < -0.3 is 4.90 Å². The number of nitrogens with zero attached hydrogens (tertiary/aromatic N) is 2. The Morgan fingerprint density at radius 1 is 0.778 bits per heavy atom. The highest BCUT2D eigenvalue weighted by Gasteiger charge is 2.41. The van der Waals surface area contributed by atoms with Gasteiger partial charge in [0.15, 0.2) is 0 Å². The van der Waals surface area contributed by atoms with Gasteiger partial charge in [0.2, 0.25) is 0 Å². The molecule has 1 saturated heterocycles. The minimum Gasteiger partial charge on any atom is -0.366 e. The van der Waals surface area contributed by atoms with Gasteiger partial charge in [-0.25, -0.2) is 0 Å². The lowest BCUT2D eigenvalue weighted by Gasteiger charge is -2.20. The quantitative estimate of drug-likeness (QED) is 0.715. The lowest BCUT2D eigenvalue weighted by atomic mass is 10.0. The van der Waals surface area contributed by atoms with Gasteiger partial charge in [0, 0.05) is 23.1 Å². The van der Waals surface area contributed by atoms with E-state index in [1.807, 2.05) is 17.0 Å². The average molecular weight is 401 g/mol. The average Bonchev–Trinajstić information content (AvgIpc) is 3.26. The van der Waals surface area contributed by atoms with E-state index in [-0.39, 0.29) is 18.4 Å². The second-order valence-corrected chi connectivity index (χ2v) is 7.62. The fraction of sp³-hybridized carbons (Fsp3) is 0.238. The van der Waals surface area contributed by atoms with Crippen molar-refractivity contribution in [3.63, 3.8) is 0 Å². The van der Waals surface area contributed by atoms with E-state index in [9.17, 15) is 9.59 Å². The van der Waals surface area contributed by atoms with Gasteiger partial charge in [-0.2, -0.15) is 0 Å². The molecule has 0 saturated carbocycles. The molecule has 0 unspecified atom stereocenters. The molecule has 2 aromatic rings. The summed E-state index contributed by atoms with van der Waals surface area (Å²) in [7, 11) is 0. The molecule has 0 N–H and O–H groups in total. The number of benzene rings is 2. The molecule has 2 aliphatic heterocycles. The molecule has 4 rings (SSSR count). The standard InChI is InChI=1S/C21H18Cl2N2O2/c22-16-7-3-14(4-8-16)13-25-20(26)18(15-5-9-17(23)10-6-15)19(21(25)27)24-11-1-2-12-24/h3-10H,1-2,11-13H2. The molecule has 2 amide bonds. The lowest BCUT2D eigenvalue weighted by Crippen LogP contribution is -2.34. The number of imide groups is 1. The molecule has 0 aliphatic carbocycles. The van der Waals surface area contributed by atoms with Crippen molar-refractivity contribution in [2.45, 2.75) is 19.4 Å². The normalized spacial score (nSPS) is 17.4. The summed E-state index contributed by atoms with van der Waals surface area (Å²) in [5.41, 5.74) is 2.55. The van der Waals surface area contributed by atoms with E-state index in [0.29, 0.717) is 21.3 Å². The van der Waals surface area contributed by atoms with E-state index in [1.54, 1.807) is 36.4 Å². The summed E-state index contributed by atoms with van der Waals surface area (Å²) in [6, 6.07) is 14.3. The van der Waals surface area contributed by atoms with Crippen LogP contribution in [0.25, 0.3) is 5.57 Å². The number of carbonyl (C=O) groups excluding carboxylic acids is 2. The number of hydrogen-bond donors (Lipinski definition) is 0. The SMILES string of the molecule is O=C1C(c2ccc(Cl)cc2)=C(N2CCCC2)C(=O)N1Cc1ccc(Cl)cc1. The summed E-state index contributed by atoms with van der Waals surface area (Å²) in [6.07, 6.45) is 2.05. The van der Waals surface area contributed by atoms with Crippen molar-refractivity contribution in [1.82, 2.24) is 9.80 Å². The molecule has 2 aliphatic rings. The molecule has 0 radical (unpaired) electrons. The van der Waals surface area contributed by atoms with Crippen LogP contribution in [-0.2, 0) is 16.1 Å². The lowest BCUT2D eigenvalue weighted by molar-refractivity contribution is -0.138. The predicted molar refractivity (Wildman–Crippen MR) is 106 cm³/mol. The molecule has 6 heteroatoms. The zero-order valence-corrected chi connectivity index (χ0v) is 16.1. The molecule has 27 heavy (non-hydrogen) atoms. The Morgan fingerprint density at radius 2 is 1.33 bits per heavy atom. The van der Waals surface area contributed by atoms with Crippen LogP contribution < -0.4 is 0 Å². The summed E-state index contributed by atoms with van der Waals surface area (Å²) < 4.78 is 0. The van der Waals surface area contributed by atoms with Crippen LogP contribution in [0.1, 0.15) is 24.0 Å². The summed E-state index contributed by atoms with van der Waals surface area (Å²) in [6.45, 7) is 1.81. The van der Waals surface area contributed by atoms with Crippen molar-refractivity contribution in [2.75, 3.05) is 13.1 Å². The fourth-order valence-corrected chi connectivity index (χ4v) is 3.84. The van der Waals surface area contributed by atoms with E-state index in [2.05, 4.69) is 0 Å². The van der Waals surface area contributed by atoms with Crippen molar-refractivity contribution >= 4 is 40.6 Å². The number of rotatable bonds is 4. The van der Waals surface area contributed by atoms with Gasteiger partial charge in [-0.15, -0.1) is 0 Å². The zero-order valence-electron chi connectivity index (χ0n) is 14.6. The second kappa shape index (κ2) is 7.37. The monoisotopic (exact) mass is 400 g/mol. The van der Waals surface area contributed by atoms with Crippen LogP contribution in [0.15, 0.2) is 54.2 Å².